The van der Waals surface area contributed by atoms with Gasteiger partial charge in [0.2, 0.25) is 0 Å². The Morgan fingerprint density at radius 3 is 2.44 bits per heavy atom. The zero-order chi connectivity index (χ0) is 16.4. The van der Waals surface area contributed by atoms with Gasteiger partial charge in [-0.3, -0.25) is 9.78 Å². The van der Waals surface area contributed by atoms with E-state index in [2.05, 4.69) is 19.2 Å². The van der Waals surface area contributed by atoms with Crippen molar-refractivity contribution in [2.24, 2.45) is 0 Å². The van der Waals surface area contributed by atoms with Crippen molar-refractivity contribution in [1.29, 1.82) is 0 Å². The summed E-state index contributed by atoms with van der Waals surface area (Å²) in [6.45, 7) is 5.86. The van der Waals surface area contributed by atoms with E-state index >= 15 is 0 Å². The van der Waals surface area contributed by atoms with Crippen LogP contribution in [0.15, 0.2) is 30.3 Å². The highest BCUT2D eigenvalue weighted by molar-refractivity contribution is 6.06. The number of likely N-dealkylation sites (tertiary alicyclic amines) is 1. The standard InChI is InChI=1S/C19H25N3O.2ClH/c1-13(2)18-12-16(15-6-4-5-7-17(15)21-18)19(23)22-10-8-14(20-3)9-11-22;;/h4-7,12-14,20H,8-11H2,1-3H3;2*1H. The van der Waals surface area contributed by atoms with Gasteiger partial charge in [-0.15, -0.1) is 24.8 Å². The summed E-state index contributed by atoms with van der Waals surface area (Å²) in [4.78, 5) is 19.8. The lowest BCUT2D eigenvalue weighted by Crippen LogP contribution is -2.44. The Morgan fingerprint density at radius 1 is 1.20 bits per heavy atom. The topological polar surface area (TPSA) is 45.2 Å². The monoisotopic (exact) mass is 383 g/mol. The summed E-state index contributed by atoms with van der Waals surface area (Å²) in [7, 11) is 1.99. The van der Waals surface area contributed by atoms with Gasteiger partial charge in [0.15, 0.2) is 0 Å². The van der Waals surface area contributed by atoms with Crippen molar-refractivity contribution in [2.45, 2.75) is 38.6 Å². The molecule has 3 rings (SSSR count). The fourth-order valence-electron chi connectivity index (χ4n) is 3.21. The van der Waals surface area contributed by atoms with Gasteiger partial charge in [0, 0.05) is 30.2 Å². The van der Waals surface area contributed by atoms with E-state index in [9.17, 15) is 4.79 Å². The maximum absolute atomic E-state index is 13.1. The molecule has 1 amide bonds. The maximum Gasteiger partial charge on any atom is 0.254 e. The van der Waals surface area contributed by atoms with Gasteiger partial charge in [-0.2, -0.15) is 0 Å². The number of nitrogens with one attached hydrogen (secondary N) is 1. The second-order valence-electron chi connectivity index (χ2n) is 6.62. The molecule has 6 heteroatoms. The van der Waals surface area contributed by atoms with Gasteiger partial charge in [-0.1, -0.05) is 32.0 Å². The Labute approximate surface area is 162 Å². The average Bonchev–Trinajstić information content (AvgIpc) is 2.60. The van der Waals surface area contributed by atoms with Gasteiger partial charge in [0.1, 0.15) is 0 Å². The van der Waals surface area contributed by atoms with E-state index in [1.54, 1.807) is 0 Å². The SMILES string of the molecule is CNC1CCN(C(=O)c2cc(C(C)C)nc3ccccc23)CC1.Cl.Cl. The molecule has 1 saturated heterocycles. The first-order valence-corrected chi connectivity index (χ1v) is 8.46. The molecule has 1 aliphatic rings. The number of nitrogens with zero attached hydrogens (tertiary/aromatic N) is 2. The highest BCUT2D eigenvalue weighted by atomic mass is 35.5. The van der Waals surface area contributed by atoms with Gasteiger partial charge >= 0.3 is 0 Å². The van der Waals surface area contributed by atoms with Crippen molar-refractivity contribution in [1.82, 2.24) is 15.2 Å². The van der Waals surface area contributed by atoms with Crippen LogP contribution in [0.1, 0.15) is 48.7 Å². The molecule has 1 aromatic carbocycles. The Kier molecular flexibility index (Phi) is 8.13. The Bertz CT molecular complexity index is 713. The van der Waals surface area contributed by atoms with Crippen LogP contribution in [0.25, 0.3) is 10.9 Å². The molecule has 25 heavy (non-hydrogen) atoms. The second kappa shape index (κ2) is 9.37. The summed E-state index contributed by atoms with van der Waals surface area (Å²) in [6, 6.07) is 10.5. The number of carbonyl (C=O) groups excluding carboxylic acids is 1. The van der Waals surface area contributed by atoms with Crippen LogP contribution in [0.4, 0.5) is 0 Å². The number of piperidine rings is 1. The smallest absolute Gasteiger partial charge is 0.254 e. The molecule has 4 nitrogen and oxygen atoms in total. The number of amides is 1. The first kappa shape index (κ1) is 21.7. The summed E-state index contributed by atoms with van der Waals surface area (Å²) in [5.74, 6) is 0.446. The summed E-state index contributed by atoms with van der Waals surface area (Å²) in [5.41, 5.74) is 2.69. The zero-order valence-electron chi connectivity index (χ0n) is 15.0. The van der Waals surface area contributed by atoms with Crippen LogP contribution < -0.4 is 5.32 Å². The Morgan fingerprint density at radius 2 is 1.84 bits per heavy atom. The lowest BCUT2D eigenvalue weighted by Gasteiger charge is -2.32. The molecule has 0 atom stereocenters. The lowest BCUT2D eigenvalue weighted by molar-refractivity contribution is 0.0709. The van der Waals surface area contributed by atoms with E-state index in [4.69, 9.17) is 4.98 Å². The third kappa shape index (κ3) is 4.63. The first-order chi connectivity index (χ1) is 11.1. The largest absolute Gasteiger partial charge is 0.339 e. The molecule has 2 aromatic rings. The summed E-state index contributed by atoms with van der Waals surface area (Å²) < 4.78 is 0. The predicted octanol–water partition coefficient (Wildman–Crippen LogP) is 4.03. The Balaban J connectivity index is 0.00000156. The van der Waals surface area contributed by atoms with Crippen LogP contribution in [0.3, 0.4) is 0 Å². The third-order valence-corrected chi connectivity index (χ3v) is 4.75. The van der Waals surface area contributed by atoms with Crippen LogP contribution in [-0.4, -0.2) is 42.0 Å². The predicted molar refractivity (Wildman–Crippen MR) is 108 cm³/mol. The second-order valence-corrected chi connectivity index (χ2v) is 6.62. The van der Waals surface area contributed by atoms with E-state index < -0.39 is 0 Å². The molecule has 1 fully saturated rings. The van der Waals surface area contributed by atoms with E-state index in [0.717, 1.165) is 48.1 Å². The number of carbonyl (C=O) groups is 1. The van der Waals surface area contributed by atoms with E-state index in [0.29, 0.717) is 12.0 Å². The highest BCUT2D eigenvalue weighted by Crippen LogP contribution is 2.24. The molecule has 0 bridgehead atoms. The van der Waals surface area contributed by atoms with Crippen LogP contribution in [0.5, 0.6) is 0 Å². The average molecular weight is 384 g/mol. The maximum atomic E-state index is 13.1. The molecule has 0 spiro atoms. The van der Waals surface area contributed by atoms with Gasteiger partial charge in [0.05, 0.1) is 11.1 Å². The van der Waals surface area contributed by atoms with E-state index in [1.807, 2.05) is 42.3 Å². The molecule has 138 valence electrons. The highest BCUT2D eigenvalue weighted by Gasteiger charge is 2.24. The number of hydrogen-bond donors (Lipinski definition) is 1. The molecule has 0 aliphatic carbocycles. The van der Waals surface area contributed by atoms with Crippen molar-refractivity contribution in [2.75, 3.05) is 20.1 Å². The van der Waals surface area contributed by atoms with Gasteiger partial charge in [-0.25, -0.2) is 0 Å². The molecular weight excluding hydrogens is 357 g/mol. The number of benzene rings is 1. The van der Waals surface area contributed by atoms with Crippen molar-refractivity contribution in [3.05, 3.63) is 41.6 Å². The quantitative estimate of drug-likeness (QED) is 0.869. The van der Waals surface area contributed by atoms with Gasteiger partial charge in [0.25, 0.3) is 5.91 Å². The number of halogens is 2. The van der Waals surface area contributed by atoms with Crippen LogP contribution >= 0.6 is 24.8 Å². The summed E-state index contributed by atoms with van der Waals surface area (Å²) in [5, 5.41) is 4.27. The molecule has 1 aromatic heterocycles. The fraction of sp³-hybridized carbons (Fsp3) is 0.474. The van der Waals surface area contributed by atoms with Crippen molar-refractivity contribution < 1.29 is 4.79 Å². The number of aromatic nitrogens is 1. The number of rotatable bonds is 3. The van der Waals surface area contributed by atoms with Crippen molar-refractivity contribution in [3.63, 3.8) is 0 Å². The molecular formula is C19H27Cl2N3O. The van der Waals surface area contributed by atoms with Crippen LogP contribution in [0, 0.1) is 0 Å². The minimum Gasteiger partial charge on any atom is -0.339 e. The molecule has 1 aliphatic heterocycles. The van der Waals surface area contributed by atoms with Crippen LogP contribution in [-0.2, 0) is 0 Å². The number of hydrogen-bond acceptors (Lipinski definition) is 3. The molecule has 0 saturated carbocycles. The molecule has 0 radical (unpaired) electrons. The summed E-state index contributed by atoms with van der Waals surface area (Å²) >= 11 is 0. The minimum atomic E-state index is 0. The molecule has 2 heterocycles. The van der Waals surface area contributed by atoms with Gasteiger partial charge < -0.3 is 10.2 Å². The third-order valence-electron chi connectivity index (χ3n) is 4.75. The van der Waals surface area contributed by atoms with Crippen LogP contribution in [0.2, 0.25) is 0 Å². The first-order valence-electron chi connectivity index (χ1n) is 8.46. The zero-order valence-corrected chi connectivity index (χ0v) is 16.6. The molecule has 0 unspecified atom stereocenters. The van der Waals surface area contributed by atoms with E-state index in [1.165, 1.54) is 0 Å². The van der Waals surface area contributed by atoms with Crippen molar-refractivity contribution >= 4 is 41.6 Å². The van der Waals surface area contributed by atoms with Crippen molar-refractivity contribution in [3.8, 4) is 0 Å². The normalized spacial score (nSPS) is 15.0. The van der Waals surface area contributed by atoms with Gasteiger partial charge in [-0.05, 0) is 37.9 Å². The lowest BCUT2D eigenvalue weighted by atomic mass is 10.00. The number of para-hydroxylation sites is 1. The summed E-state index contributed by atoms with van der Waals surface area (Å²) in [6.07, 6.45) is 2.03. The Hall–Kier alpha value is -1.36. The molecule has 1 N–H and O–H groups in total. The minimum absolute atomic E-state index is 0. The number of pyridine rings is 1. The van der Waals surface area contributed by atoms with E-state index in [-0.39, 0.29) is 30.7 Å². The number of fused-ring (bicyclic) bond motifs is 1. The fourth-order valence-corrected chi connectivity index (χ4v) is 3.21.